The molecule has 1 aliphatic rings. The van der Waals surface area contributed by atoms with Crippen LogP contribution in [-0.2, 0) is 16.8 Å². The summed E-state index contributed by atoms with van der Waals surface area (Å²) >= 11 is 0. The summed E-state index contributed by atoms with van der Waals surface area (Å²) < 4.78 is 28.0. The van der Waals surface area contributed by atoms with E-state index in [2.05, 4.69) is 17.0 Å². The summed E-state index contributed by atoms with van der Waals surface area (Å²) in [5.74, 6) is 0. The quantitative estimate of drug-likeness (QED) is 0.785. The van der Waals surface area contributed by atoms with E-state index in [1.54, 1.807) is 4.31 Å². The van der Waals surface area contributed by atoms with Crippen molar-refractivity contribution in [3.8, 4) is 6.07 Å². The fourth-order valence-electron chi connectivity index (χ4n) is 2.85. The van der Waals surface area contributed by atoms with Crippen LogP contribution in [0.5, 0.6) is 0 Å². The van der Waals surface area contributed by atoms with Crippen molar-refractivity contribution >= 4 is 10.2 Å². The lowest BCUT2D eigenvalue weighted by Gasteiger charge is -2.40. The fourth-order valence-corrected chi connectivity index (χ4v) is 4.36. The number of nitriles is 1. The smallest absolute Gasteiger partial charge is 0.282 e. The molecule has 0 saturated carbocycles. The molecule has 126 valence electrons. The van der Waals surface area contributed by atoms with Crippen LogP contribution in [-0.4, -0.2) is 61.2 Å². The molecule has 1 fully saturated rings. The van der Waals surface area contributed by atoms with E-state index in [9.17, 15) is 8.42 Å². The first-order valence-electron chi connectivity index (χ1n) is 7.81. The van der Waals surface area contributed by atoms with Gasteiger partial charge in [0.25, 0.3) is 10.2 Å². The molecule has 0 N–H and O–H groups in total. The minimum Gasteiger partial charge on any atom is -0.296 e. The monoisotopic (exact) mass is 336 g/mol. The van der Waals surface area contributed by atoms with Gasteiger partial charge in [-0.1, -0.05) is 30.3 Å². The van der Waals surface area contributed by atoms with E-state index in [0.717, 1.165) is 6.54 Å². The van der Waals surface area contributed by atoms with Crippen molar-refractivity contribution in [1.82, 2.24) is 13.5 Å². The molecule has 1 saturated heterocycles. The molecule has 2 rings (SSSR count). The summed E-state index contributed by atoms with van der Waals surface area (Å²) in [6, 6.07) is 12.1. The van der Waals surface area contributed by atoms with Gasteiger partial charge < -0.3 is 0 Å². The lowest BCUT2D eigenvalue weighted by Crippen LogP contribution is -2.56. The highest BCUT2D eigenvalue weighted by Crippen LogP contribution is 2.18. The molecule has 0 unspecified atom stereocenters. The number of hydrogen-bond donors (Lipinski definition) is 0. The molecule has 0 amide bonds. The minimum absolute atomic E-state index is 0.0815. The zero-order valence-corrected chi connectivity index (χ0v) is 14.5. The third-order valence-electron chi connectivity index (χ3n) is 4.13. The van der Waals surface area contributed by atoms with Crippen LogP contribution >= 0.6 is 0 Å². The zero-order valence-electron chi connectivity index (χ0n) is 13.7. The van der Waals surface area contributed by atoms with Gasteiger partial charge in [-0.2, -0.15) is 22.3 Å². The maximum Gasteiger partial charge on any atom is 0.282 e. The fraction of sp³-hybridized carbons (Fsp3) is 0.562. The molecule has 6 nitrogen and oxygen atoms in total. The molecule has 1 aromatic rings. The van der Waals surface area contributed by atoms with Crippen LogP contribution in [0.2, 0.25) is 0 Å². The molecule has 1 aromatic carbocycles. The Labute approximate surface area is 139 Å². The highest BCUT2D eigenvalue weighted by molar-refractivity contribution is 7.86. The van der Waals surface area contributed by atoms with Gasteiger partial charge in [0.15, 0.2) is 0 Å². The van der Waals surface area contributed by atoms with Crippen molar-refractivity contribution in [2.75, 3.05) is 33.2 Å². The third kappa shape index (κ3) is 4.52. The van der Waals surface area contributed by atoms with E-state index < -0.39 is 10.2 Å². The van der Waals surface area contributed by atoms with Gasteiger partial charge in [-0.15, -0.1) is 0 Å². The van der Waals surface area contributed by atoms with Gasteiger partial charge in [0.2, 0.25) is 0 Å². The minimum atomic E-state index is -3.49. The Bertz CT molecular complexity index is 642. The molecule has 0 aliphatic carbocycles. The Kier molecular flexibility index (Phi) is 6.13. The van der Waals surface area contributed by atoms with Gasteiger partial charge in [-0.05, 0) is 12.5 Å². The Morgan fingerprint density at radius 3 is 2.61 bits per heavy atom. The molecule has 1 heterocycles. The predicted octanol–water partition coefficient (Wildman–Crippen LogP) is 1.28. The SMILES string of the molecule is C[C@@H]1CN(Cc2ccccc2)CCN1S(=O)(=O)N(C)CCC#N. The van der Waals surface area contributed by atoms with Crippen molar-refractivity contribution in [2.45, 2.75) is 25.9 Å². The van der Waals surface area contributed by atoms with E-state index in [1.165, 1.54) is 16.9 Å². The van der Waals surface area contributed by atoms with E-state index in [-0.39, 0.29) is 19.0 Å². The number of hydrogen-bond acceptors (Lipinski definition) is 4. The van der Waals surface area contributed by atoms with Gasteiger partial charge in [0, 0.05) is 52.2 Å². The number of nitrogens with zero attached hydrogens (tertiary/aromatic N) is 4. The van der Waals surface area contributed by atoms with E-state index in [0.29, 0.717) is 19.6 Å². The molecule has 7 heteroatoms. The number of benzene rings is 1. The van der Waals surface area contributed by atoms with Crippen molar-refractivity contribution in [2.24, 2.45) is 0 Å². The van der Waals surface area contributed by atoms with Crippen molar-refractivity contribution in [3.63, 3.8) is 0 Å². The van der Waals surface area contributed by atoms with E-state index >= 15 is 0 Å². The highest BCUT2D eigenvalue weighted by Gasteiger charge is 2.34. The molecule has 0 bridgehead atoms. The summed E-state index contributed by atoms with van der Waals surface area (Å²) in [7, 11) is -1.95. The molecular formula is C16H24N4O2S. The molecule has 0 spiro atoms. The molecule has 1 aliphatic heterocycles. The predicted molar refractivity (Wildman–Crippen MR) is 89.7 cm³/mol. The Morgan fingerprint density at radius 2 is 2.00 bits per heavy atom. The normalized spacial score (nSPS) is 20.5. The summed E-state index contributed by atoms with van der Waals surface area (Å²) in [6.45, 7) is 4.91. The maximum absolute atomic E-state index is 12.6. The molecule has 0 radical (unpaired) electrons. The largest absolute Gasteiger partial charge is 0.296 e. The van der Waals surface area contributed by atoms with Gasteiger partial charge >= 0.3 is 0 Å². The maximum atomic E-state index is 12.6. The summed E-state index contributed by atoms with van der Waals surface area (Å²) in [5.41, 5.74) is 1.24. The molecule has 0 aromatic heterocycles. The van der Waals surface area contributed by atoms with Crippen LogP contribution in [0.1, 0.15) is 18.9 Å². The first-order valence-corrected chi connectivity index (χ1v) is 9.21. The van der Waals surface area contributed by atoms with Gasteiger partial charge in [0.05, 0.1) is 6.07 Å². The lowest BCUT2D eigenvalue weighted by atomic mass is 10.1. The van der Waals surface area contributed by atoms with Crippen LogP contribution in [0.15, 0.2) is 30.3 Å². The van der Waals surface area contributed by atoms with Gasteiger partial charge in [0.1, 0.15) is 0 Å². The summed E-state index contributed by atoms with van der Waals surface area (Å²) in [6.07, 6.45) is 0.206. The first kappa shape index (κ1) is 17.9. The number of rotatable bonds is 6. The van der Waals surface area contributed by atoms with E-state index in [1.807, 2.05) is 31.2 Å². The second-order valence-corrected chi connectivity index (χ2v) is 7.91. The van der Waals surface area contributed by atoms with Crippen LogP contribution in [0.25, 0.3) is 0 Å². The highest BCUT2D eigenvalue weighted by atomic mass is 32.2. The van der Waals surface area contributed by atoms with Crippen LogP contribution in [0, 0.1) is 11.3 Å². The molecular weight excluding hydrogens is 312 g/mol. The first-order chi connectivity index (χ1) is 10.9. The standard InChI is InChI=1S/C16H24N4O2S/c1-15-13-19(14-16-7-4-3-5-8-16)11-12-20(15)23(21,22)18(2)10-6-9-17/h3-5,7-8,15H,6,10-14H2,1-2H3/t15-/m1/s1. The summed E-state index contributed by atoms with van der Waals surface area (Å²) in [5, 5.41) is 8.63. The Morgan fingerprint density at radius 1 is 1.30 bits per heavy atom. The average molecular weight is 336 g/mol. The van der Waals surface area contributed by atoms with E-state index in [4.69, 9.17) is 5.26 Å². The molecule has 23 heavy (non-hydrogen) atoms. The van der Waals surface area contributed by atoms with Crippen LogP contribution in [0.3, 0.4) is 0 Å². The van der Waals surface area contributed by atoms with Crippen molar-refractivity contribution in [1.29, 1.82) is 5.26 Å². The zero-order chi connectivity index (χ0) is 16.9. The van der Waals surface area contributed by atoms with Gasteiger partial charge in [-0.25, -0.2) is 0 Å². The summed E-state index contributed by atoms with van der Waals surface area (Å²) in [4.78, 5) is 2.28. The average Bonchev–Trinajstić information content (AvgIpc) is 2.53. The second-order valence-electron chi connectivity index (χ2n) is 5.92. The number of piperazine rings is 1. The van der Waals surface area contributed by atoms with Crippen molar-refractivity contribution in [3.05, 3.63) is 35.9 Å². The Balaban J connectivity index is 1.97. The third-order valence-corrected chi connectivity index (χ3v) is 6.23. The molecule has 1 atom stereocenters. The van der Waals surface area contributed by atoms with Gasteiger partial charge in [-0.3, -0.25) is 4.90 Å². The van der Waals surface area contributed by atoms with Crippen LogP contribution < -0.4 is 0 Å². The second kappa shape index (κ2) is 7.88. The Hall–Kier alpha value is -1.46. The van der Waals surface area contributed by atoms with Crippen molar-refractivity contribution < 1.29 is 8.42 Å². The topological polar surface area (TPSA) is 67.7 Å². The lowest BCUT2D eigenvalue weighted by molar-refractivity contribution is 0.133. The van der Waals surface area contributed by atoms with Crippen LogP contribution in [0.4, 0.5) is 0 Å².